The van der Waals surface area contributed by atoms with Gasteiger partial charge in [-0.2, -0.15) is 0 Å². The quantitative estimate of drug-likeness (QED) is 0.825. The van der Waals surface area contributed by atoms with Crippen LogP contribution in [0, 0.1) is 0 Å². The first-order valence-electron chi connectivity index (χ1n) is 5.81. The lowest BCUT2D eigenvalue weighted by molar-refractivity contribution is 0.0853. The lowest BCUT2D eigenvalue weighted by Crippen LogP contribution is -2.45. The van der Waals surface area contributed by atoms with E-state index in [1.807, 2.05) is 18.2 Å². The zero-order chi connectivity index (χ0) is 11.2. The molecule has 3 nitrogen and oxygen atoms in total. The Kier molecular flexibility index (Phi) is 2.19. The third kappa shape index (κ3) is 1.35. The van der Waals surface area contributed by atoms with E-state index in [-0.39, 0.29) is 11.6 Å². The summed E-state index contributed by atoms with van der Waals surface area (Å²) in [6.45, 7) is 0. The van der Waals surface area contributed by atoms with Gasteiger partial charge in [0, 0.05) is 0 Å². The van der Waals surface area contributed by atoms with Crippen molar-refractivity contribution >= 4 is 0 Å². The van der Waals surface area contributed by atoms with Crippen molar-refractivity contribution in [1.82, 2.24) is 0 Å². The summed E-state index contributed by atoms with van der Waals surface area (Å²) < 4.78 is 11.1. The van der Waals surface area contributed by atoms with Gasteiger partial charge >= 0.3 is 0 Å². The van der Waals surface area contributed by atoms with E-state index in [2.05, 4.69) is 6.07 Å². The standard InChI is InChI=1S/C13H17NO2/c1-15-10-4-2-3-9(7-10)13(14)8-11-5-6-12(13)16-11/h2-4,7,11-12H,5-6,8,14H2,1H3. The maximum Gasteiger partial charge on any atom is 0.119 e. The molecule has 0 saturated carbocycles. The maximum absolute atomic E-state index is 6.51. The zero-order valence-corrected chi connectivity index (χ0v) is 9.48. The molecule has 2 heterocycles. The Bertz CT molecular complexity index is 407. The second-order valence-corrected chi connectivity index (χ2v) is 4.80. The number of benzene rings is 1. The minimum atomic E-state index is -0.308. The number of ether oxygens (including phenoxy) is 2. The normalized spacial score (nSPS) is 36.6. The molecule has 3 atom stereocenters. The van der Waals surface area contributed by atoms with Crippen LogP contribution in [0.5, 0.6) is 5.75 Å². The van der Waals surface area contributed by atoms with Gasteiger partial charge in [0.1, 0.15) is 5.75 Å². The van der Waals surface area contributed by atoms with Crippen molar-refractivity contribution in [1.29, 1.82) is 0 Å². The van der Waals surface area contributed by atoms with E-state index in [1.54, 1.807) is 7.11 Å². The van der Waals surface area contributed by atoms with Crippen molar-refractivity contribution < 1.29 is 9.47 Å². The van der Waals surface area contributed by atoms with Gasteiger partial charge < -0.3 is 15.2 Å². The summed E-state index contributed by atoms with van der Waals surface area (Å²) in [5.41, 5.74) is 7.34. The van der Waals surface area contributed by atoms with Crippen LogP contribution in [-0.4, -0.2) is 19.3 Å². The molecule has 2 fully saturated rings. The molecule has 1 aromatic carbocycles. The second kappa shape index (κ2) is 3.47. The first kappa shape index (κ1) is 10.1. The number of fused-ring (bicyclic) bond motifs is 2. The van der Waals surface area contributed by atoms with Gasteiger partial charge in [0.05, 0.1) is 24.9 Å². The van der Waals surface area contributed by atoms with Crippen LogP contribution in [0.3, 0.4) is 0 Å². The molecule has 1 aromatic rings. The second-order valence-electron chi connectivity index (χ2n) is 4.80. The summed E-state index contributed by atoms with van der Waals surface area (Å²) in [4.78, 5) is 0. The van der Waals surface area contributed by atoms with E-state index in [9.17, 15) is 0 Å². The van der Waals surface area contributed by atoms with Crippen LogP contribution in [0.15, 0.2) is 24.3 Å². The highest BCUT2D eigenvalue weighted by molar-refractivity contribution is 5.35. The Balaban J connectivity index is 1.96. The molecule has 2 N–H and O–H groups in total. The van der Waals surface area contributed by atoms with E-state index in [0.717, 1.165) is 30.6 Å². The van der Waals surface area contributed by atoms with E-state index in [1.165, 1.54) is 0 Å². The number of rotatable bonds is 2. The van der Waals surface area contributed by atoms with Gasteiger partial charge in [0.25, 0.3) is 0 Å². The molecule has 2 bridgehead atoms. The highest BCUT2D eigenvalue weighted by Crippen LogP contribution is 2.46. The smallest absolute Gasteiger partial charge is 0.119 e. The van der Waals surface area contributed by atoms with Crippen LogP contribution in [-0.2, 0) is 10.3 Å². The SMILES string of the molecule is COc1cccc(C2(N)CC3CCC2O3)c1. The van der Waals surface area contributed by atoms with Crippen LogP contribution in [0.4, 0.5) is 0 Å². The summed E-state index contributed by atoms with van der Waals surface area (Å²) in [5, 5.41) is 0. The molecule has 0 spiro atoms. The highest BCUT2D eigenvalue weighted by atomic mass is 16.5. The minimum absolute atomic E-state index is 0.185. The van der Waals surface area contributed by atoms with Gasteiger partial charge in [-0.25, -0.2) is 0 Å². The van der Waals surface area contributed by atoms with Crippen molar-refractivity contribution in [2.45, 2.75) is 37.0 Å². The van der Waals surface area contributed by atoms with Crippen LogP contribution < -0.4 is 10.5 Å². The van der Waals surface area contributed by atoms with Crippen molar-refractivity contribution in [3.63, 3.8) is 0 Å². The van der Waals surface area contributed by atoms with Gasteiger partial charge in [-0.1, -0.05) is 12.1 Å². The fourth-order valence-corrected chi connectivity index (χ4v) is 2.96. The summed E-state index contributed by atoms with van der Waals surface area (Å²) >= 11 is 0. The summed E-state index contributed by atoms with van der Waals surface area (Å²) in [5.74, 6) is 0.866. The van der Waals surface area contributed by atoms with Crippen molar-refractivity contribution in [2.24, 2.45) is 5.73 Å². The fourth-order valence-electron chi connectivity index (χ4n) is 2.96. The molecule has 0 aromatic heterocycles. The molecule has 3 heteroatoms. The molecule has 0 radical (unpaired) electrons. The molecular weight excluding hydrogens is 202 g/mol. The molecule has 0 amide bonds. The van der Waals surface area contributed by atoms with Gasteiger partial charge in [0.15, 0.2) is 0 Å². The number of methoxy groups -OCH3 is 1. The zero-order valence-electron chi connectivity index (χ0n) is 9.48. The molecular formula is C13H17NO2. The predicted octanol–water partition coefficient (Wildman–Crippen LogP) is 1.80. The predicted molar refractivity (Wildman–Crippen MR) is 61.4 cm³/mol. The molecule has 2 saturated heterocycles. The lowest BCUT2D eigenvalue weighted by Gasteiger charge is -2.31. The van der Waals surface area contributed by atoms with Crippen molar-refractivity contribution in [3.8, 4) is 5.75 Å². The van der Waals surface area contributed by atoms with Gasteiger partial charge in [0.2, 0.25) is 0 Å². The number of nitrogens with two attached hydrogens (primary N) is 1. The molecule has 2 aliphatic heterocycles. The van der Waals surface area contributed by atoms with E-state index < -0.39 is 0 Å². The molecule has 86 valence electrons. The largest absolute Gasteiger partial charge is 0.497 e. The van der Waals surface area contributed by atoms with Crippen molar-refractivity contribution in [2.75, 3.05) is 7.11 Å². The van der Waals surface area contributed by atoms with Crippen LogP contribution >= 0.6 is 0 Å². The summed E-state index contributed by atoms with van der Waals surface area (Å²) in [6.07, 6.45) is 3.72. The van der Waals surface area contributed by atoms with Crippen LogP contribution in [0.1, 0.15) is 24.8 Å². The van der Waals surface area contributed by atoms with E-state index in [0.29, 0.717) is 6.10 Å². The first-order valence-corrected chi connectivity index (χ1v) is 5.81. The Morgan fingerprint density at radius 2 is 2.31 bits per heavy atom. The number of hydrogen-bond acceptors (Lipinski definition) is 3. The maximum atomic E-state index is 6.51. The van der Waals surface area contributed by atoms with E-state index >= 15 is 0 Å². The topological polar surface area (TPSA) is 44.5 Å². The van der Waals surface area contributed by atoms with Crippen LogP contribution in [0.25, 0.3) is 0 Å². The average molecular weight is 219 g/mol. The van der Waals surface area contributed by atoms with Crippen LogP contribution in [0.2, 0.25) is 0 Å². The Morgan fingerprint density at radius 3 is 2.94 bits per heavy atom. The Labute approximate surface area is 95.5 Å². The summed E-state index contributed by atoms with van der Waals surface area (Å²) in [6, 6.07) is 8.05. The minimum Gasteiger partial charge on any atom is -0.497 e. The third-order valence-corrected chi connectivity index (χ3v) is 3.85. The number of hydrogen-bond donors (Lipinski definition) is 1. The highest BCUT2D eigenvalue weighted by Gasteiger charge is 2.50. The molecule has 0 aliphatic carbocycles. The average Bonchev–Trinajstić information content (AvgIpc) is 2.89. The first-order chi connectivity index (χ1) is 7.72. The molecule has 2 aliphatic rings. The lowest BCUT2D eigenvalue weighted by atomic mass is 9.77. The Morgan fingerprint density at radius 1 is 1.44 bits per heavy atom. The van der Waals surface area contributed by atoms with Gasteiger partial charge in [-0.3, -0.25) is 0 Å². The molecule has 3 rings (SSSR count). The van der Waals surface area contributed by atoms with Gasteiger partial charge in [-0.15, -0.1) is 0 Å². The van der Waals surface area contributed by atoms with E-state index in [4.69, 9.17) is 15.2 Å². The third-order valence-electron chi connectivity index (χ3n) is 3.85. The van der Waals surface area contributed by atoms with Gasteiger partial charge in [-0.05, 0) is 37.0 Å². The fraction of sp³-hybridized carbons (Fsp3) is 0.538. The van der Waals surface area contributed by atoms with Crippen molar-refractivity contribution in [3.05, 3.63) is 29.8 Å². The molecule has 16 heavy (non-hydrogen) atoms. The molecule has 3 unspecified atom stereocenters. The summed E-state index contributed by atoms with van der Waals surface area (Å²) in [7, 11) is 1.68. The Hall–Kier alpha value is -1.06. The monoisotopic (exact) mass is 219 g/mol.